The molecule has 1 unspecified atom stereocenters. The Hall–Kier alpha value is -2.73. The molecule has 1 aromatic carbocycles. The first-order chi connectivity index (χ1) is 12.2. The van der Waals surface area contributed by atoms with Gasteiger partial charge in [-0.25, -0.2) is 4.39 Å². The molecular formula is C19H17FN2O3. The summed E-state index contributed by atoms with van der Waals surface area (Å²) in [6, 6.07) is 7.93. The molecule has 0 saturated carbocycles. The van der Waals surface area contributed by atoms with E-state index in [2.05, 4.69) is 4.98 Å². The quantitative estimate of drug-likeness (QED) is 0.725. The highest BCUT2D eigenvalue weighted by atomic mass is 19.1. The molecule has 1 aliphatic heterocycles. The van der Waals surface area contributed by atoms with Crippen molar-refractivity contribution in [1.82, 2.24) is 4.98 Å². The van der Waals surface area contributed by atoms with Crippen LogP contribution in [-0.4, -0.2) is 30.1 Å². The number of carbonyl (C=O) groups is 1. The van der Waals surface area contributed by atoms with Gasteiger partial charge in [0.25, 0.3) is 5.91 Å². The SMILES string of the molecule is O=C(c1ccc(F)c2occc12)N(CC1CCCO1)c1ccncc1. The maximum absolute atomic E-state index is 13.9. The molecule has 3 heterocycles. The molecule has 1 amide bonds. The highest BCUT2D eigenvalue weighted by Gasteiger charge is 2.26. The lowest BCUT2D eigenvalue weighted by Gasteiger charge is -2.25. The number of furan rings is 1. The van der Waals surface area contributed by atoms with E-state index >= 15 is 0 Å². The zero-order valence-electron chi connectivity index (χ0n) is 13.5. The summed E-state index contributed by atoms with van der Waals surface area (Å²) < 4.78 is 24.7. The molecule has 6 heteroatoms. The molecule has 0 radical (unpaired) electrons. The molecule has 2 aromatic heterocycles. The molecule has 1 aliphatic rings. The van der Waals surface area contributed by atoms with Crippen LogP contribution < -0.4 is 4.90 Å². The van der Waals surface area contributed by atoms with E-state index in [0.717, 1.165) is 18.5 Å². The summed E-state index contributed by atoms with van der Waals surface area (Å²) >= 11 is 0. The van der Waals surface area contributed by atoms with E-state index in [1.54, 1.807) is 35.5 Å². The first-order valence-corrected chi connectivity index (χ1v) is 8.23. The predicted octanol–water partition coefficient (Wildman–Crippen LogP) is 3.79. The molecule has 128 valence electrons. The van der Waals surface area contributed by atoms with Gasteiger partial charge >= 0.3 is 0 Å². The average molecular weight is 340 g/mol. The number of benzene rings is 1. The highest BCUT2D eigenvalue weighted by Crippen LogP contribution is 2.27. The molecule has 0 aliphatic carbocycles. The maximum Gasteiger partial charge on any atom is 0.259 e. The minimum absolute atomic E-state index is 0.00240. The van der Waals surface area contributed by atoms with E-state index in [1.165, 1.54) is 18.4 Å². The van der Waals surface area contributed by atoms with Crippen LogP contribution in [0.5, 0.6) is 0 Å². The summed E-state index contributed by atoms with van der Waals surface area (Å²) in [5, 5.41) is 0.469. The van der Waals surface area contributed by atoms with Gasteiger partial charge in [-0.05, 0) is 43.2 Å². The van der Waals surface area contributed by atoms with Crippen LogP contribution in [0.25, 0.3) is 11.0 Å². The van der Waals surface area contributed by atoms with Crippen LogP contribution in [0.15, 0.2) is 53.4 Å². The summed E-state index contributed by atoms with van der Waals surface area (Å²) in [7, 11) is 0. The molecule has 25 heavy (non-hydrogen) atoms. The van der Waals surface area contributed by atoms with Crippen molar-refractivity contribution in [3.05, 3.63) is 60.4 Å². The minimum atomic E-state index is -0.480. The third kappa shape index (κ3) is 3.00. The van der Waals surface area contributed by atoms with Gasteiger partial charge in [-0.15, -0.1) is 0 Å². The van der Waals surface area contributed by atoms with Crippen molar-refractivity contribution >= 4 is 22.6 Å². The van der Waals surface area contributed by atoms with Gasteiger partial charge in [-0.2, -0.15) is 0 Å². The summed E-state index contributed by atoms with van der Waals surface area (Å²) in [5.74, 6) is -0.695. The van der Waals surface area contributed by atoms with Crippen LogP contribution in [0.1, 0.15) is 23.2 Å². The number of rotatable bonds is 4. The number of amides is 1. The van der Waals surface area contributed by atoms with E-state index < -0.39 is 5.82 Å². The van der Waals surface area contributed by atoms with Gasteiger partial charge in [0.05, 0.1) is 24.5 Å². The number of hydrogen-bond donors (Lipinski definition) is 0. The van der Waals surface area contributed by atoms with Crippen molar-refractivity contribution in [3.8, 4) is 0 Å². The van der Waals surface area contributed by atoms with Crippen LogP contribution >= 0.6 is 0 Å². The highest BCUT2D eigenvalue weighted by molar-refractivity contribution is 6.13. The second-order valence-electron chi connectivity index (χ2n) is 6.01. The second-order valence-corrected chi connectivity index (χ2v) is 6.01. The molecule has 0 spiro atoms. The lowest BCUT2D eigenvalue weighted by Crippen LogP contribution is -2.37. The number of aromatic nitrogens is 1. The van der Waals surface area contributed by atoms with Crippen molar-refractivity contribution in [3.63, 3.8) is 0 Å². The molecule has 1 fully saturated rings. The van der Waals surface area contributed by atoms with Crippen molar-refractivity contribution in [2.45, 2.75) is 18.9 Å². The fourth-order valence-electron chi connectivity index (χ4n) is 3.18. The van der Waals surface area contributed by atoms with Crippen LogP contribution in [0.4, 0.5) is 10.1 Å². The summed E-state index contributed by atoms with van der Waals surface area (Å²) in [6.07, 6.45) is 6.58. The van der Waals surface area contributed by atoms with Gasteiger partial charge in [0.15, 0.2) is 11.4 Å². The molecule has 3 aromatic rings. The minimum Gasteiger partial charge on any atom is -0.461 e. The first kappa shape index (κ1) is 15.8. The van der Waals surface area contributed by atoms with Crippen molar-refractivity contribution in [2.24, 2.45) is 0 Å². The van der Waals surface area contributed by atoms with Gasteiger partial charge in [0.1, 0.15) is 0 Å². The number of ether oxygens (including phenoxy) is 1. The van der Waals surface area contributed by atoms with Crippen LogP contribution in [0, 0.1) is 5.82 Å². The lowest BCUT2D eigenvalue weighted by molar-refractivity contribution is 0.0918. The number of nitrogens with zero attached hydrogens (tertiary/aromatic N) is 2. The third-order valence-electron chi connectivity index (χ3n) is 4.43. The van der Waals surface area contributed by atoms with E-state index in [1.807, 2.05) is 0 Å². The largest absolute Gasteiger partial charge is 0.461 e. The van der Waals surface area contributed by atoms with E-state index in [4.69, 9.17) is 9.15 Å². The Kier molecular flexibility index (Phi) is 4.19. The van der Waals surface area contributed by atoms with Gasteiger partial charge in [0.2, 0.25) is 0 Å². The Morgan fingerprint density at radius 1 is 1.24 bits per heavy atom. The summed E-state index contributed by atoms with van der Waals surface area (Å²) in [4.78, 5) is 18.9. The Bertz CT molecular complexity index is 888. The molecular weight excluding hydrogens is 323 g/mol. The average Bonchev–Trinajstić information content (AvgIpc) is 3.32. The second kappa shape index (κ2) is 6.64. The Labute approximate surface area is 144 Å². The topological polar surface area (TPSA) is 55.6 Å². The lowest BCUT2D eigenvalue weighted by atomic mass is 10.1. The summed E-state index contributed by atoms with van der Waals surface area (Å²) in [6.45, 7) is 1.16. The predicted molar refractivity (Wildman–Crippen MR) is 91.1 cm³/mol. The zero-order valence-corrected chi connectivity index (χ0v) is 13.5. The number of halogens is 1. The fraction of sp³-hybridized carbons (Fsp3) is 0.263. The van der Waals surface area contributed by atoms with E-state index in [9.17, 15) is 9.18 Å². The van der Waals surface area contributed by atoms with Gasteiger partial charge in [0, 0.05) is 30.1 Å². The molecule has 1 saturated heterocycles. The van der Waals surface area contributed by atoms with Gasteiger partial charge in [-0.1, -0.05) is 0 Å². The molecule has 5 nitrogen and oxygen atoms in total. The molecule has 1 atom stereocenters. The number of pyridine rings is 1. The van der Waals surface area contributed by atoms with Crippen LogP contribution in [-0.2, 0) is 4.74 Å². The number of hydrogen-bond acceptors (Lipinski definition) is 4. The maximum atomic E-state index is 13.9. The fourth-order valence-corrected chi connectivity index (χ4v) is 3.18. The summed E-state index contributed by atoms with van der Waals surface area (Å²) in [5.41, 5.74) is 1.23. The Morgan fingerprint density at radius 2 is 2.08 bits per heavy atom. The van der Waals surface area contributed by atoms with E-state index in [0.29, 0.717) is 24.1 Å². The molecule has 0 bridgehead atoms. The van der Waals surface area contributed by atoms with Crippen LogP contribution in [0.2, 0.25) is 0 Å². The monoisotopic (exact) mass is 340 g/mol. The zero-order chi connectivity index (χ0) is 17.2. The Balaban J connectivity index is 1.73. The number of carbonyl (C=O) groups excluding carboxylic acids is 1. The Morgan fingerprint density at radius 3 is 2.84 bits per heavy atom. The van der Waals surface area contributed by atoms with Crippen molar-refractivity contribution in [2.75, 3.05) is 18.1 Å². The van der Waals surface area contributed by atoms with Gasteiger partial charge < -0.3 is 14.1 Å². The molecule has 4 rings (SSSR count). The normalized spacial score (nSPS) is 17.1. The number of fused-ring (bicyclic) bond motifs is 1. The number of anilines is 1. The van der Waals surface area contributed by atoms with E-state index in [-0.39, 0.29) is 17.6 Å². The molecule has 0 N–H and O–H groups in total. The van der Waals surface area contributed by atoms with Crippen molar-refractivity contribution < 1.29 is 18.3 Å². The smallest absolute Gasteiger partial charge is 0.259 e. The van der Waals surface area contributed by atoms with Gasteiger partial charge in [-0.3, -0.25) is 9.78 Å². The first-order valence-electron chi connectivity index (χ1n) is 8.23. The van der Waals surface area contributed by atoms with Crippen LogP contribution in [0.3, 0.4) is 0 Å². The standard InChI is InChI=1S/C19H17FN2O3/c20-17-4-3-16(15-7-11-25-18(15)17)19(23)22(12-14-2-1-10-24-14)13-5-8-21-9-6-13/h3-9,11,14H,1-2,10,12H2. The van der Waals surface area contributed by atoms with Crippen molar-refractivity contribution in [1.29, 1.82) is 0 Å². The third-order valence-corrected chi connectivity index (χ3v) is 4.43.